The largest absolute Gasteiger partial charge is 0.494 e. The number of hydrogen-bond donors (Lipinski definition) is 1. The van der Waals surface area contributed by atoms with Crippen molar-refractivity contribution in [1.82, 2.24) is 0 Å². The fraction of sp³-hybridized carbons (Fsp3) is 0.316. The van der Waals surface area contributed by atoms with Crippen LogP contribution in [-0.2, 0) is 0 Å². The molecule has 0 heterocycles. The maximum absolute atomic E-state index is 12.3. The van der Waals surface area contributed by atoms with Gasteiger partial charge in [-0.15, -0.1) is 0 Å². The second-order valence-electron chi connectivity index (χ2n) is 5.43. The number of ether oxygens (including phenoxy) is 1. The van der Waals surface area contributed by atoms with Gasteiger partial charge in [0.2, 0.25) is 0 Å². The summed E-state index contributed by atoms with van der Waals surface area (Å²) in [5, 5.41) is 2.96. The summed E-state index contributed by atoms with van der Waals surface area (Å²) < 4.78 is 5.60. The van der Waals surface area contributed by atoms with Crippen molar-refractivity contribution in [2.24, 2.45) is 0 Å². The van der Waals surface area contributed by atoms with Crippen LogP contribution in [0, 0.1) is 13.8 Å². The zero-order chi connectivity index (χ0) is 15.9. The molecule has 0 saturated heterocycles. The average Bonchev–Trinajstić information content (AvgIpc) is 2.53. The molecule has 1 N–H and O–H groups in total. The van der Waals surface area contributed by atoms with Gasteiger partial charge in [0, 0.05) is 11.3 Å². The predicted octanol–water partition coefficient (Wildman–Crippen LogP) is 4.73. The van der Waals surface area contributed by atoms with E-state index in [0.29, 0.717) is 12.2 Å². The second kappa shape index (κ2) is 7.64. The molecule has 3 heteroatoms. The van der Waals surface area contributed by atoms with Gasteiger partial charge >= 0.3 is 0 Å². The van der Waals surface area contributed by atoms with E-state index in [4.69, 9.17) is 4.74 Å². The van der Waals surface area contributed by atoms with Crippen molar-refractivity contribution in [2.45, 2.75) is 33.6 Å². The summed E-state index contributed by atoms with van der Waals surface area (Å²) in [6, 6.07) is 13.2. The van der Waals surface area contributed by atoms with Crippen molar-refractivity contribution in [3.63, 3.8) is 0 Å². The van der Waals surface area contributed by atoms with Gasteiger partial charge in [0.15, 0.2) is 0 Å². The lowest BCUT2D eigenvalue weighted by Crippen LogP contribution is -2.13. The van der Waals surface area contributed by atoms with Crippen molar-refractivity contribution >= 4 is 11.6 Å². The number of carbonyl (C=O) groups excluding carboxylic acids is 1. The molecule has 0 atom stereocenters. The highest BCUT2D eigenvalue weighted by atomic mass is 16.5. The molecule has 1 amide bonds. The molecular formula is C19H23NO2. The topological polar surface area (TPSA) is 38.3 Å². The van der Waals surface area contributed by atoms with Gasteiger partial charge in [-0.3, -0.25) is 4.79 Å². The first-order valence-corrected chi connectivity index (χ1v) is 7.72. The Kier molecular flexibility index (Phi) is 5.59. The normalized spacial score (nSPS) is 10.3. The number of rotatable bonds is 6. The van der Waals surface area contributed by atoms with E-state index in [1.165, 1.54) is 0 Å². The lowest BCUT2D eigenvalue weighted by molar-refractivity contribution is 0.102. The summed E-state index contributed by atoms with van der Waals surface area (Å²) in [5.41, 5.74) is 3.74. The molecule has 0 saturated carbocycles. The Bertz CT molecular complexity index is 632. The third-order valence-electron chi connectivity index (χ3n) is 3.74. The Morgan fingerprint density at radius 3 is 2.50 bits per heavy atom. The minimum Gasteiger partial charge on any atom is -0.494 e. The summed E-state index contributed by atoms with van der Waals surface area (Å²) in [6.45, 7) is 6.89. The van der Waals surface area contributed by atoms with Crippen molar-refractivity contribution in [3.8, 4) is 5.75 Å². The van der Waals surface area contributed by atoms with Gasteiger partial charge in [0.1, 0.15) is 5.75 Å². The number of nitrogens with one attached hydrogen (secondary N) is 1. The number of aryl methyl sites for hydroxylation is 1. The van der Waals surface area contributed by atoms with Gasteiger partial charge in [-0.05, 0) is 61.7 Å². The zero-order valence-corrected chi connectivity index (χ0v) is 13.5. The van der Waals surface area contributed by atoms with E-state index < -0.39 is 0 Å². The van der Waals surface area contributed by atoms with Crippen LogP contribution in [0.1, 0.15) is 41.3 Å². The maximum Gasteiger partial charge on any atom is 0.255 e. The summed E-state index contributed by atoms with van der Waals surface area (Å²) in [4.78, 5) is 12.3. The van der Waals surface area contributed by atoms with Crippen molar-refractivity contribution in [1.29, 1.82) is 0 Å². The summed E-state index contributed by atoms with van der Waals surface area (Å²) in [7, 11) is 0. The second-order valence-corrected chi connectivity index (χ2v) is 5.43. The number of anilines is 1. The first-order chi connectivity index (χ1) is 10.6. The van der Waals surface area contributed by atoms with Gasteiger partial charge in [-0.2, -0.15) is 0 Å². The van der Waals surface area contributed by atoms with Gasteiger partial charge < -0.3 is 10.1 Å². The smallest absolute Gasteiger partial charge is 0.255 e. The molecule has 0 radical (unpaired) electrons. The Morgan fingerprint density at radius 1 is 1.09 bits per heavy atom. The maximum atomic E-state index is 12.3. The van der Waals surface area contributed by atoms with E-state index in [1.54, 1.807) is 12.1 Å². The molecule has 0 aliphatic rings. The number of hydrogen-bond acceptors (Lipinski definition) is 2. The van der Waals surface area contributed by atoms with Crippen LogP contribution in [0.5, 0.6) is 5.75 Å². The molecular weight excluding hydrogens is 274 g/mol. The van der Waals surface area contributed by atoms with Gasteiger partial charge in [-0.1, -0.05) is 25.5 Å². The summed E-state index contributed by atoms with van der Waals surface area (Å²) >= 11 is 0. The molecule has 0 bridgehead atoms. The minimum absolute atomic E-state index is 0.103. The first-order valence-electron chi connectivity index (χ1n) is 7.72. The molecule has 0 aliphatic carbocycles. The Labute approximate surface area is 132 Å². The average molecular weight is 297 g/mol. The Morgan fingerprint density at radius 2 is 1.82 bits per heavy atom. The van der Waals surface area contributed by atoms with Gasteiger partial charge in [-0.25, -0.2) is 0 Å². The highest BCUT2D eigenvalue weighted by Crippen LogP contribution is 2.19. The monoisotopic (exact) mass is 297 g/mol. The van der Waals surface area contributed by atoms with Crippen LogP contribution in [0.4, 0.5) is 5.69 Å². The van der Waals surface area contributed by atoms with Crippen LogP contribution in [0.3, 0.4) is 0 Å². The molecule has 0 fully saturated rings. The highest BCUT2D eigenvalue weighted by molar-refractivity contribution is 6.04. The molecule has 2 aromatic carbocycles. The molecule has 0 aliphatic heterocycles. The van der Waals surface area contributed by atoms with Crippen molar-refractivity contribution in [3.05, 3.63) is 59.2 Å². The third kappa shape index (κ3) is 4.10. The van der Waals surface area contributed by atoms with Crippen LogP contribution < -0.4 is 10.1 Å². The Balaban J connectivity index is 2.02. The standard InChI is InChI=1S/C19H23NO2/c1-4-5-13-22-17-11-9-16(10-12-17)19(21)20-18-8-6-7-14(2)15(18)3/h6-12H,4-5,13H2,1-3H3,(H,20,21). The lowest BCUT2D eigenvalue weighted by atomic mass is 10.1. The zero-order valence-electron chi connectivity index (χ0n) is 13.5. The molecule has 0 unspecified atom stereocenters. The van der Waals surface area contributed by atoms with E-state index in [-0.39, 0.29) is 5.91 Å². The van der Waals surface area contributed by atoms with E-state index in [0.717, 1.165) is 35.4 Å². The molecule has 3 nitrogen and oxygen atoms in total. The fourth-order valence-corrected chi connectivity index (χ4v) is 2.12. The summed E-state index contributed by atoms with van der Waals surface area (Å²) in [6.07, 6.45) is 2.14. The lowest BCUT2D eigenvalue weighted by Gasteiger charge is -2.11. The van der Waals surface area contributed by atoms with Crippen molar-refractivity contribution < 1.29 is 9.53 Å². The van der Waals surface area contributed by atoms with Crippen molar-refractivity contribution in [2.75, 3.05) is 11.9 Å². The molecule has 0 aromatic heterocycles. The van der Waals surface area contributed by atoms with E-state index in [2.05, 4.69) is 12.2 Å². The van der Waals surface area contributed by atoms with Crippen LogP contribution >= 0.6 is 0 Å². The van der Waals surface area contributed by atoms with Gasteiger partial charge in [0.25, 0.3) is 5.91 Å². The van der Waals surface area contributed by atoms with Crippen LogP contribution in [0.2, 0.25) is 0 Å². The quantitative estimate of drug-likeness (QED) is 0.782. The minimum atomic E-state index is -0.103. The van der Waals surface area contributed by atoms with Crippen LogP contribution in [0.15, 0.2) is 42.5 Å². The highest BCUT2D eigenvalue weighted by Gasteiger charge is 2.08. The van der Waals surface area contributed by atoms with Crippen LogP contribution in [-0.4, -0.2) is 12.5 Å². The number of unbranched alkanes of at least 4 members (excludes halogenated alkanes) is 1. The van der Waals surface area contributed by atoms with E-state index in [9.17, 15) is 4.79 Å². The third-order valence-corrected chi connectivity index (χ3v) is 3.74. The molecule has 116 valence electrons. The number of amides is 1. The molecule has 2 aromatic rings. The summed E-state index contributed by atoms with van der Waals surface area (Å²) in [5.74, 6) is 0.700. The van der Waals surface area contributed by atoms with E-state index >= 15 is 0 Å². The SMILES string of the molecule is CCCCOc1ccc(C(=O)Nc2cccc(C)c2C)cc1. The van der Waals surface area contributed by atoms with Gasteiger partial charge in [0.05, 0.1) is 6.61 Å². The molecule has 22 heavy (non-hydrogen) atoms. The van der Waals surface area contributed by atoms with E-state index in [1.807, 2.05) is 44.2 Å². The molecule has 2 rings (SSSR count). The fourth-order valence-electron chi connectivity index (χ4n) is 2.12. The predicted molar refractivity (Wildman–Crippen MR) is 90.7 cm³/mol. The number of carbonyl (C=O) groups is 1. The van der Waals surface area contributed by atoms with Crippen LogP contribution in [0.25, 0.3) is 0 Å². The first kappa shape index (κ1) is 16.1. The molecule has 0 spiro atoms. The number of benzene rings is 2. The Hall–Kier alpha value is -2.29.